The van der Waals surface area contributed by atoms with Crippen molar-refractivity contribution in [2.75, 3.05) is 18.9 Å². The first-order chi connectivity index (χ1) is 7.78. The van der Waals surface area contributed by atoms with Crippen molar-refractivity contribution in [1.82, 2.24) is 14.9 Å². The Morgan fingerprint density at radius 2 is 2.38 bits per heavy atom. The van der Waals surface area contributed by atoms with Crippen molar-refractivity contribution < 1.29 is 4.79 Å². The molecule has 16 heavy (non-hydrogen) atoms. The fourth-order valence-corrected chi connectivity index (χ4v) is 2.02. The molecule has 1 aliphatic heterocycles. The maximum atomic E-state index is 12.0. The first-order valence-corrected chi connectivity index (χ1v) is 5.61. The zero-order valence-electron chi connectivity index (χ0n) is 9.23. The molecule has 2 heterocycles. The van der Waals surface area contributed by atoms with Crippen molar-refractivity contribution in [3.8, 4) is 0 Å². The predicted molar refractivity (Wildman–Crippen MR) is 59.0 cm³/mol. The van der Waals surface area contributed by atoms with Gasteiger partial charge >= 0.3 is 0 Å². The van der Waals surface area contributed by atoms with Gasteiger partial charge in [0.1, 0.15) is 0 Å². The Morgan fingerprint density at radius 3 is 3.06 bits per heavy atom. The van der Waals surface area contributed by atoms with Gasteiger partial charge in [-0.15, -0.1) is 0 Å². The van der Waals surface area contributed by atoms with Crippen LogP contribution in [0.25, 0.3) is 0 Å². The minimum Gasteiger partial charge on any atom is -0.357 e. The number of fused-ring (bicyclic) bond motifs is 1. The summed E-state index contributed by atoms with van der Waals surface area (Å²) in [5.41, 5.74) is 1.52. The third-order valence-corrected chi connectivity index (χ3v) is 3.13. The van der Waals surface area contributed by atoms with Crippen molar-refractivity contribution in [3.63, 3.8) is 0 Å². The van der Waals surface area contributed by atoms with E-state index >= 15 is 0 Å². The molecule has 0 saturated heterocycles. The summed E-state index contributed by atoms with van der Waals surface area (Å²) in [5, 5.41) is 2.89. The summed E-state index contributed by atoms with van der Waals surface area (Å²) in [6.45, 7) is 1.52. The number of carbonyl (C=O) groups is 1. The SMILES string of the molecule is CNc1ncc2c(n1)CN(CC1CC1)C2=O. The van der Waals surface area contributed by atoms with Crippen LogP contribution in [0.1, 0.15) is 28.9 Å². The van der Waals surface area contributed by atoms with Crippen LogP contribution in [-0.2, 0) is 6.54 Å². The Kier molecular flexibility index (Phi) is 2.05. The van der Waals surface area contributed by atoms with Crippen molar-refractivity contribution in [3.05, 3.63) is 17.5 Å². The van der Waals surface area contributed by atoms with Crippen LogP contribution in [0, 0.1) is 5.92 Å². The second-order valence-corrected chi connectivity index (χ2v) is 4.43. The van der Waals surface area contributed by atoms with E-state index < -0.39 is 0 Å². The molecule has 1 saturated carbocycles. The van der Waals surface area contributed by atoms with Crippen molar-refractivity contribution in [1.29, 1.82) is 0 Å². The summed E-state index contributed by atoms with van der Waals surface area (Å²) in [5.74, 6) is 1.39. The van der Waals surface area contributed by atoms with Gasteiger partial charge in [-0.1, -0.05) is 0 Å². The third kappa shape index (κ3) is 1.52. The highest BCUT2D eigenvalue weighted by Crippen LogP contribution is 2.32. The fraction of sp³-hybridized carbons (Fsp3) is 0.545. The number of rotatable bonds is 3. The Bertz CT molecular complexity index is 442. The maximum absolute atomic E-state index is 12.0. The van der Waals surface area contributed by atoms with Crippen molar-refractivity contribution in [2.24, 2.45) is 5.92 Å². The normalized spacial score (nSPS) is 18.8. The lowest BCUT2D eigenvalue weighted by atomic mass is 10.3. The molecule has 3 rings (SSSR count). The van der Waals surface area contributed by atoms with E-state index in [0.717, 1.165) is 18.2 Å². The van der Waals surface area contributed by atoms with Crippen LogP contribution in [0.5, 0.6) is 0 Å². The molecule has 1 amide bonds. The van der Waals surface area contributed by atoms with E-state index in [1.165, 1.54) is 12.8 Å². The Labute approximate surface area is 93.9 Å². The zero-order chi connectivity index (χ0) is 11.1. The van der Waals surface area contributed by atoms with Crippen LogP contribution in [0.15, 0.2) is 6.20 Å². The lowest BCUT2D eigenvalue weighted by Crippen LogP contribution is -2.26. The molecule has 84 valence electrons. The Hall–Kier alpha value is -1.65. The molecule has 0 spiro atoms. The van der Waals surface area contributed by atoms with Gasteiger partial charge in [-0.05, 0) is 18.8 Å². The first kappa shape index (κ1) is 9.57. The summed E-state index contributed by atoms with van der Waals surface area (Å²) in [6, 6.07) is 0. The average Bonchev–Trinajstić information content (AvgIpc) is 3.05. The van der Waals surface area contributed by atoms with E-state index in [9.17, 15) is 4.79 Å². The molecule has 1 aromatic rings. The predicted octanol–water partition coefficient (Wildman–Crippen LogP) is 0.884. The second-order valence-electron chi connectivity index (χ2n) is 4.43. The summed E-state index contributed by atoms with van der Waals surface area (Å²) < 4.78 is 0. The molecular weight excluding hydrogens is 204 g/mol. The first-order valence-electron chi connectivity index (χ1n) is 5.61. The van der Waals surface area contributed by atoms with Crippen LogP contribution >= 0.6 is 0 Å². The molecular formula is C11H14N4O. The van der Waals surface area contributed by atoms with Gasteiger partial charge in [-0.25, -0.2) is 9.97 Å². The topological polar surface area (TPSA) is 58.1 Å². The molecule has 0 aromatic carbocycles. The molecule has 0 unspecified atom stereocenters. The van der Waals surface area contributed by atoms with E-state index in [4.69, 9.17) is 0 Å². The van der Waals surface area contributed by atoms with Gasteiger partial charge in [0, 0.05) is 19.8 Å². The van der Waals surface area contributed by atoms with E-state index in [1.807, 2.05) is 4.90 Å². The van der Waals surface area contributed by atoms with Gasteiger partial charge in [0.2, 0.25) is 5.95 Å². The Balaban J connectivity index is 1.84. The van der Waals surface area contributed by atoms with Gasteiger partial charge in [-0.2, -0.15) is 0 Å². The molecule has 1 N–H and O–H groups in total. The number of anilines is 1. The molecule has 0 radical (unpaired) electrons. The summed E-state index contributed by atoms with van der Waals surface area (Å²) in [4.78, 5) is 22.3. The standard InChI is InChI=1S/C11H14N4O/c1-12-11-13-4-8-9(14-11)6-15(10(8)16)5-7-2-3-7/h4,7H,2-3,5-6H2,1H3,(H,12,13,14). The highest BCUT2D eigenvalue weighted by atomic mass is 16.2. The van der Waals surface area contributed by atoms with Crippen LogP contribution in [0.3, 0.4) is 0 Å². The van der Waals surface area contributed by atoms with Crippen molar-refractivity contribution in [2.45, 2.75) is 19.4 Å². The Morgan fingerprint density at radius 1 is 1.56 bits per heavy atom. The quantitative estimate of drug-likeness (QED) is 0.818. The van der Waals surface area contributed by atoms with Gasteiger partial charge in [0.25, 0.3) is 5.91 Å². The second kappa shape index (κ2) is 3.43. The van der Waals surface area contributed by atoms with Gasteiger partial charge in [-0.3, -0.25) is 4.79 Å². The highest BCUT2D eigenvalue weighted by molar-refractivity contribution is 5.97. The minimum atomic E-state index is 0.0875. The number of hydrogen-bond donors (Lipinski definition) is 1. The average molecular weight is 218 g/mol. The monoisotopic (exact) mass is 218 g/mol. The van der Waals surface area contributed by atoms with E-state index in [-0.39, 0.29) is 5.91 Å². The van der Waals surface area contributed by atoms with Crippen LogP contribution < -0.4 is 5.32 Å². The van der Waals surface area contributed by atoms with Crippen molar-refractivity contribution >= 4 is 11.9 Å². The molecule has 5 nitrogen and oxygen atoms in total. The number of nitrogens with zero attached hydrogens (tertiary/aromatic N) is 3. The molecule has 1 fully saturated rings. The van der Waals surface area contributed by atoms with E-state index in [1.54, 1.807) is 13.2 Å². The summed E-state index contributed by atoms with van der Waals surface area (Å²) in [6.07, 6.45) is 4.14. The number of amides is 1. The highest BCUT2D eigenvalue weighted by Gasteiger charge is 2.33. The molecule has 1 aliphatic carbocycles. The lowest BCUT2D eigenvalue weighted by molar-refractivity contribution is 0.0770. The largest absolute Gasteiger partial charge is 0.357 e. The number of aromatic nitrogens is 2. The van der Waals surface area contributed by atoms with E-state index in [0.29, 0.717) is 18.1 Å². The fourth-order valence-electron chi connectivity index (χ4n) is 2.02. The molecule has 1 aromatic heterocycles. The number of hydrogen-bond acceptors (Lipinski definition) is 4. The molecule has 5 heteroatoms. The third-order valence-electron chi connectivity index (χ3n) is 3.13. The molecule has 2 aliphatic rings. The van der Waals surface area contributed by atoms with Gasteiger partial charge in [0.05, 0.1) is 17.8 Å². The van der Waals surface area contributed by atoms with Crippen LogP contribution in [-0.4, -0.2) is 34.4 Å². The zero-order valence-corrected chi connectivity index (χ0v) is 9.23. The number of carbonyl (C=O) groups excluding carboxylic acids is 1. The smallest absolute Gasteiger partial charge is 0.257 e. The van der Waals surface area contributed by atoms with Crippen LogP contribution in [0.2, 0.25) is 0 Å². The summed E-state index contributed by atoms with van der Waals surface area (Å²) in [7, 11) is 1.78. The molecule has 0 atom stereocenters. The lowest BCUT2D eigenvalue weighted by Gasteiger charge is -2.13. The molecule has 0 bridgehead atoms. The summed E-state index contributed by atoms with van der Waals surface area (Å²) >= 11 is 0. The van der Waals surface area contributed by atoms with Gasteiger partial charge < -0.3 is 10.2 Å². The maximum Gasteiger partial charge on any atom is 0.257 e. The van der Waals surface area contributed by atoms with Crippen LogP contribution in [0.4, 0.5) is 5.95 Å². The number of nitrogens with one attached hydrogen (secondary N) is 1. The van der Waals surface area contributed by atoms with Gasteiger partial charge in [0.15, 0.2) is 0 Å². The van der Waals surface area contributed by atoms with E-state index in [2.05, 4.69) is 15.3 Å². The minimum absolute atomic E-state index is 0.0875.